The third-order valence-electron chi connectivity index (χ3n) is 9.90. The molecule has 0 bridgehead atoms. The molecule has 3 aliphatic rings. The number of carbonyl (C=O) groups excluding carboxylic acids is 2. The Hall–Kier alpha value is -5.27. The number of carbonyl (C=O) groups is 2. The molecule has 2 aromatic carbocycles. The number of nitrogens with one attached hydrogen (secondary N) is 1. The number of alkyl halides is 7. The van der Waals surface area contributed by atoms with Crippen LogP contribution in [-0.2, 0) is 15.1 Å². The largest absolute Gasteiger partial charge is 0.447 e. The predicted octanol–water partition coefficient (Wildman–Crippen LogP) is 6.49. The van der Waals surface area contributed by atoms with Crippen LogP contribution in [0, 0.1) is 5.41 Å². The normalized spacial score (nSPS) is 20.6. The molecule has 2 heterocycles. The number of amides is 2. The van der Waals surface area contributed by atoms with Crippen LogP contribution in [0.25, 0.3) is 11.3 Å². The summed E-state index contributed by atoms with van der Waals surface area (Å²) < 4.78 is 103. The Morgan fingerprint density at radius 3 is 2.38 bits per heavy atom. The molecule has 0 radical (unpaired) electrons. The maximum atomic E-state index is 14.9. The minimum Gasteiger partial charge on any atom is -0.447 e. The molecule has 1 aliphatic heterocycles. The van der Waals surface area contributed by atoms with Gasteiger partial charge in [0.15, 0.2) is 17.3 Å². The average molecular weight is 813 g/mol. The molecule has 1 aromatic heterocycles. The third kappa shape index (κ3) is 8.01. The van der Waals surface area contributed by atoms with Crippen molar-refractivity contribution in [1.29, 1.82) is 0 Å². The number of ether oxygens (including phenoxy) is 1. The van der Waals surface area contributed by atoms with Crippen molar-refractivity contribution in [2.75, 3.05) is 6.61 Å². The molecular formula is C35H36ClF7N10O3. The van der Waals surface area contributed by atoms with Gasteiger partial charge in [0.05, 0.1) is 35.1 Å². The summed E-state index contributed by atoms with van der Waals surface area (Å²) in [5.41, 5.74) is 5.91. The van der Waals surface area contributed by atoms with Crippen LogP contribution < -0.4 is 16.8 Å². The first-order valence-corrected chi connectivity index (χ1v) is 17.6. The van der Waals surface area contributed by atoms with E-state index >= 15 is 0 Å². The molecule has 56 heavy (non-hydrogen) atoms. The van der Waals surface area contributed by atoms with Crippen LogP contribution in [-0.4, -0.2) is 81.3 Å². The van der Waals surface area contributed by atoms with Crippen LogP contribution in [0.4, 0.5) is 35.5 Å². The van der Waals surface area contributed by atoms with Crippen LogP contribution in [0.15, 0.2) is 63.6 Å². The Bertz CT molecular complexity index is 2060. The average Bonchev–Trinajstić information content (AvgIpc) is 4.05. The van der Waals surface area contributed by atoms with E-state index in [-0.39, 0.29) is 40.6 Å². The van der Waals surface area contributed by atoms with E-state index in [1.165, 1.54) is 30.5 Å². The van der Waals surface area contributed by atoms with Crippen LogP contribution >= 0.6 is 11.6 Å². The fourth-order valence-electron chi connectivity index (χ4n) is 6.36. The monoisotopic (exact) mass is 812 g/mol. The maximum absolute atomic E-state index is 14.9. The number of aromatic nitrogens is 3. The summed E-state index contributed by atoms with van der Waals surface area (Å²) in [5.74, 6) is -2.30. The topological polar surface area (TPSA) is 178 Å². The first kappa shape index (κ1) is 40.4. The quantitative estimate of drug-likeness (QED) is 0.0765. The second-order valence-electron chi connectivity index (χ2n) is 14.4. The fourth-order valence-corrected chi connectivity index (χ4v) is 6.56. The number of hydrogen-bond donors (Lipinski definition) is 3. The highest BCUT2D eigenvalue weighted by Crippen LogP contribution is 2.51. The van der Waals surface area contributed by atoms with Gasteiger partial charge in [-0.3, -0.25) is 9.69 Å². The summed E-state index contributed by atoms with van der Waals surface area (Å²) in [6, 6.07) is 8.27. The molecule has 2 aliphatic carbocycles. The Labute approximate surface area is 320 Å². The van der Waals surface area contributed by atoms with Crippen molar-refractivity contribution in [2.45, 2.75) is 88.3 Å². The zero-order valence-electron chi connectivity index (χ0n) is 29.8. The van der Waals surface area contributed by atoms with Gasteiger partial charge in [-0.25, -0.2) is 23.6 Å². The smallest absolute Gasteiger partial charge is 0.407 e. The molecule has 6 rings (SSSR count). The molecule has 2 saturated carbocycles. The van der Waals surface area contributed by atoms with E-state index in [9.17, 15) is 40.3 Å². The number of halogens is 8. The second kappa shape index (κ2) is 15.0. The van der Waals surface area contributed by atoms with Crippen molar-refractivity contribution in [1.82, 2.24) is 25.2 Å². The predicted molar refractivity (Wildman–Crippen MR) is 190 cm³/mol. The van der Waals surface area contributed by atoms with Gasteiger partial charge in [0.25, 0.3) is 12.3 Å². The van der Waals surface area contributed by atoms with Crippen molar-refractivity contribution in [2.24, 2.45) is 31.9 Å². The number of amidine groups is 1. The summed E-state index contributed by atoms with van der Waals surface area (Å²) in [6.45, 7) is -2.30. The van der Waals surface area contributed by atoms with Gasteiger partial charge in [-0.15, -0.1) is 0 Å². The number of nitrogens with two attached hydrogens (primary N) is 2. The van der Waals surface area contributed by atoms with E-state index < -0.39 is 78.5 Å². The van der Waals surface area contributed by atoms with Crippen LogP contribution in [0.2, 0.25) is 5.02 Å². The zero-order chi connectivity index (χ0) is 40.8. The summed E-state index contributed by atoms with van der Waals surface area (Å²) in [4.78, 5) is 41.3. The van der Waals surface area contributed by atoms with Gasteiger partial charge in [0.2, 0.25) is 0 Å². The Morgan fingerprint density at radius 1 is 1.12 bits per heavy atom. The van der Waals surface area contributed by atoms with Gasteiger partial charge in [0.1, 0.15) is 17.8 Å². The van der Waals surface area contributed by atoms with E-state index in [0.29, 0.717) is 17.6 Å². The number of hydrogen-bond acceptors (Lipinski definition) is 8. The van der Waals surface area contributed by atoms with Gasteiger partial charge in [0, 0.05) is 11.1 Å². The number of nitrogens with zero attached hydrogens (tertiary/aromatic N) is 7. The molecule has 0 saturated heterocycles. The lowest BCUT2D eigenvalue weighted by atomic mass is 9.74. The molecule has 3 aromatic rings. The SMILES string of the molecule is CC(C)(C[C@]1(c2ccc(-c3cnn(C4CC4)n3)cc2)N=C(N)N(C(COC(=O)NC2(C(F)F)CC2)c2ccc(Cl)c(/C(N=CN)=N\C(F)F)c2)C1=O)C(F)(F)F. The van der Waals surface area contributed by atoms with Crippen LogP contribution in [0.5, 0.6) is 0 Å². The Morgan fingerprint density at radius 2 is 1.80 bits per heavy atom. The zero-order valence-corrected chi connectivity index (χ0v) is 30.5. The lowest BCUT2D eigenvalue weighted by Gasteiger charge is -2.37. The second-order valence-corrected chi connectivity index (χ2v) is 14.8. The first-order valence-electron chi connectivity index (χ1n) is 17.2. The van der Waals surface area contributed by atoms with E-state index in [4.69, 9.17) is 27.8 Å². The standard InChI is InChI=1S/C35H36ClF7N10O3/c1-32(2,35(41,42)43)16-34(20-6-3-18(4-7-20)24-14-47-53(51-24)21-8-9-21)28(54)52(30(45)49-34)25(15-56-31(55)50-33(11-12-33)27(37)38)19-5-10-23(36)22(13-19)26(46-17-44)48-29(39)40/h3-7,10,13-14,17,21,25,27,29H,8-9,11-12,15-16H2,1-2H3,(H2,45,49)(H,50,55)(H2,44,46,48)/t25?,34-/m1/s1. The summed E-state index contributed by atoms with van der Waals surface area (Å²) >= 11 is 6.33. The van der Waals surface area contributed by atoms with Crippen molar-refractivity contribution >= 4 is 41.7 Å². The number of benzene rings is 2. The molecule has 0 spiro atoms. The van der Waals surface area contributed by atoms with Gasteiger partial charge < -0.3 is 21.5 Å². The molecule has 2 atom stereocenters. The molecule has 21 heteroatoms. The summed E-state index contributed by atoms with van der Waals surface area (Å²) in [5, 5.41) is 10.7. The minimum absolute atomic E-state index is 0.0205. The minimum atomic E-state index is -4.83. The first-order chi connectivity index (χ1) is 26.3. The van der Waals surface area contributed by atoms with E-state index in [0.717, 1.165) is 37.7 Å². The Balaban J connectivity index is 1.43. The van der Waals surface area contributed by atoms with Crippen LogP contribution in [0.1, 0.15) is 74.7 Å². The number of rotatable bonds is 13. The number of guanidine groups is 1. The highest BCUT2D eigenvalue weighted by molar-refractivity contribution is 6.34. The maximum Gasteiger partial charge on any atom is 0.407 e. The lowest BCUT2D eigenvalue weighted by molar-refractivity contribution is -0.218. The van der Waals surface area contributed by atoms with E-state index in [1.54, 1.807) is 16.9 Å². The van der Waals surface area contributed by atoms with Gasteiger partial charge >= 0.3 is 18.8 Å². The molecule has 2 fully saturated rings. The fraction of sp³-hybridized carbons (Fsp3) is 0.457. The third-order valence-corrected chi connectivity index (χ3v) is 10.2. The lowest BCUT2D eigenvalue weighted by Crippen LogP contribution is -2.49. The molecule has 5 N–H and O–H groups in total. The van der Waals surface area contributed by atoms with Crippen molar-refractivity contribution < 1.29 is 45.1 Å². The van der Waals surface area contributed by atoms with Gasteiger partial charge in [-0.2, -0.15) is 41.9 Å². The van der Waals surface area contributed by atoms with Crippen molar-refractivity contribution in [3.05, 3.63) is 70.4 Å². The summed E-state index contributed by atoms with van der Waals surface area (Å²) in [6.07, 6.45) is -5.97. The number of alkyl carbamates (subject to hydrolysis) is 1. The molecule has 13 nitrogen and oxygen atoms in total. The van der Waals surface area contributed by atoms with Gasteiger partial charge in [-0.1, -0.05) is 55.8 Å². The number of aliphatic imine (C=N–C) groups is 3. The molecule has 300 valence electrons. The van der Waals surface area contributed by atoms with Crippen molar-refractivity contribution in [3.63, 3.8) is 0 Å². The highest BCUT2D eigenvalue weighted by atomic mass is 35.5. The highest BCUT2D eigenvalue weighted by Gasteiger charge is 2.59. The van der Waals surface area contributed by atoms with Crippen LogP contribution in [0.3, 0.4) is 0 Å². The molecule has 1 unspecified atom stereocenters. The van der Waals surface area contributed by atoms with E-state index in [1.807, 2.05) is 0 Å². The molecule has 2 amide bonds. The van der Waals surface area contributed by atoms with Crippen molar-refractivity contribution in [3.8, 4) is 11.3 Å². The molecular weight excluding hydrogens is 777 g/mol. The van der Waals surface area contributed by atoms with E-state index in [2.05, 4.69) is 30.5 Å². The Kier molecular flexibility index (Phi) is 10.8. The van der Waals surface area contributed by atoms with Gasteiger partial charge in [-0.05, 0) is 55.4 Å². The summed E-state index contributed by atoms with van der Waals surface area (Å²) in [7, 11) is 0.